The predicted octanol–water partition coefficient (Wildman–Crippen LogP) is 5.67. The van der Waals surface area contributed by atoms with Crippen molar-refractivity contribution in [3.8, 4) is 29.1 Å². The molecule has 0 saturated heterocycles. The van der Waals surface area contributed by atoms with Gasteiger partial charge in [0.05, 0.1) is 24.3 Å². The Morgan fingerprint density at radius 3 is 2.69 bits per heavy atom. The number of aromatic nitrogens is 2. The first-order valence-corrected chi connectivity index (χ1v) is 11.2. The number of hydrogen-bond donors (Lipinski definition) is 1. The molecule has 4 aromatic carbocycles. The average molecular weight is 457 g/mol. The van der Waals surface area contributed by atoms with Crippen LogP contribution in [0, 0.1) is 16.7 Å². The number of rotatable bonds is 3. The molecule has 1 aliphatic heterocycles. The zero-order valence-electron chi connectivity index (χ0n) is 18.9. The largest absolute Gasteiger partial charge is 0.497 e. The summed E-state index contributed by atoms with van der Waals surface area (Å²) in [6, 6.07) is 29.4. The van der Waals surface area contributed by atoms with Crippen LogP contribution in [0.4, 0.5) is 0 Å². The van der Waals surface area contributed by atoms with Gasteiger partial charge in [-0.15, -0.1) is 0 Å². The Bertz CT molecular complexity index is 1710. The molecule has 0 amide bonds. The molecule has 6 rings (SSSR count). The molecule has 0 saturated carbocycles. The van der Waals surface area contributed by atoms with Crippen molar-refractivity contribution in [2.45, 2.75) is 5.92 Å². The van der Waals surface area contributed by atoms with Crippen LogP contribution < -0.4 is 15.0 Å². The Kier molecular flexibility index (Phi) is 4.82. The van der Waals surface area contributed by atoms with Crippen LogP contribution in [0.3, 0.4) is 0 Å². The SMILES string of the molecule is COc1cccc(C2c3c(ncn(-c4cccc(C#N)c4)c3=N)Oc3ccc4ccccc4c32)c1. The molecule has 1 unspecified atom stereocenters. The highest BCUT2D eigenvalue weighted by Gasteiger charge is 2.33. The van der Waals surface area contributed by atoms with E-state index in [2.05, 4.69) is 23.2 Å². The first-order chi connectivity index (χ1) is 17.2. The molecule has 0 spiro atoms. The number of benzene rings is 4. The molecule has 0 aliphatic carbocycles. The van der Waals surface area contributed by atoms with Crippen LogP contribution in [0.1, 0.15) is 28.2 Å². The fourth-order valence-corrected chi connectivity index (χ4v) is 4.80. The van der Waals surface area contributed by atoms with E-state index >= 15 is 0 Å². The third-order valence-corrected chi connectivity index (χ3v) is 6.41. The highest BCUT2D eigenvalue weighted by Crippen LogP contribution is 2.48. The fourth-order valence-electron chi connectivity index (χ4n) is 4.80. The number of nitrogens with one attached hydrogen (secondary N) is 1. The van der Waals surface area contributed by atoms with Gasteiger partial charge in [-0.2, -0.15) is 5.26 Å². The van der Waals surface area contributed by atoms with Gasteiger partial charge in [0.2, 0.25) is 5.88 Å². The highest BCUT2D eigenvalue weighted by molar-refractivity contribution is 5.90. The lowest BCUT2D eigenvalue weighted by Crippen LogP contribution is -2.29. The van der Waals surface area contributed by atoms with Gasteiger partial charge in [-0.25, -0.2) is 4.98 Å². The highest BCUT2D eigenvalue weighted by atomic mass is 16.5. The summed E-state index contributed by atoms with van der Waals surface area (Å²) < 4.78 is 13.5. The van der Waals surface area contributed by atoms with Crippen molar-refractivity contribution >= 4 is 10.8 Å². The number of nitrogens with zero attached hydrogens (tertiary/aromatic N) is 3. The van der Waals surface area contributed by atoms with Gasteiger partial charge in [-0.1, -0.05) is 48.5 Å². The van der Waals surface area contributed by atoms with Gasteiger partial charge in [0.25, 0.3) is 0 Å². The van der Waals surface area contributed by atoms with Crippen LogP contribution in [-0.4, -0.2) is 16.7 Å². The summed E-state index contributed by atoms with van der Waals surface area (Å²) in [6.45, 7) is 0. The van der Waals surface area contributed by atoms with Crippen molar-refractivity contribution in [1.82, 2.24) is 9.55 Å². The minimum absolute atomic E-state index is 0.247. The fraction of sp³-hybridized carbons (Fsp3) is 0.0690. The van der Waals surface area contributed by atoms with Gasteiger partial charge in [-0.3, -0.25) is 9.98 Å². The number of fused-ring (bicyclic) bond motifs is 4. The van der Waals surface area contributed by atoms with Gasteiger partial charge < -0.3 is 9.47 Å². The molecule has 0 bridgehead atoms. The maximum Gasteiger partial charge on any atom is 0.228 e. The summed E-state index contributed by atoms with van der Waals surface area (Å²) in [4.78, 5) is 4.62. The Morgan fingerprint density at radius 1 is 0.971 bits per heavy atom. The van der Waals surface area contributed by atoms with E-state index in [0.29, 0.717) is 22.7 Å². The van der Waals surface area contributed by atoms with E-state index in [1.54, 1.807) is 36.2 Å². The molecule has 1 aliphatic rings. The van der Waals surface area contributed by atoms with E-state index in [0.717, 1.165) is 33.4 Å². The number of hydrogen-bond acceptors (Lipinski definition) is 5. The van der Waals surface area contributed by atoms with E-state index in [1.807, 2.05) is 54.6 Å². The molecule has 6 heteroatoms. The summed E-state index contributed by atoms with van der Waals surface area (Å²) in [5.74, 6) is 1.56. The second kappa shape index (κ2) is 8.15. The summed E-state index contributed by atoms with van der Waals surface area (Å²) in [5.41, 5.74) is 4.08. The van der Waals surface area contributed by atoms with Crippen molar-refractivity contribution in [2.24, 2.45) is 0 Å². The standard InChI is InChI=1S/C29H20N4O2/c1-34-22-10-5-8-20(15-22)25-26-23-11-3-2-7-19(23)12-13-24(26)35-29-27(25)28(31)33(17-32-29)21-9-4-6-18(14-21)16-30/h2-15,17,25,31H,1H3. The Labute approximate surface area is 201 Å². The predicted molar refractivity (Wildman–Crippen MR) is 132 cm³/mol. The van der Waals surface area contributed by atoms with Crippen LogP contribution in [0.5, 0.6) is 17.4 Å². The van der Waals surface area contributed by atoms with E-state index in [1.165, 1.54) is 0 Å². The van der Waals surface area contributed by atoms with Crippen molar-refractivity contribution < 1.29 is 9.47 Å². The third kappa shape index (κ3) is 3.33. The molecular formula is C29H20N4O2. The molecule has 1 aromatic heterocycles. The number of nitriles is 1. The topological polar surface area (TPSA) is 83.9 Å². The van der Waals surface area contributed by atoms with Crippen LogP contribution in [0.25, 0.3) is 16.5 Å². The summed E-state index contributed by atoms with van der Waals surface area (Å²) in [7, 11) is 1.65. The van der Waals surface area contributed by atoms with Crippen molar-refractivity contribution in [1.29, 1.82) is 10.7 Å². The van der Waals surface area contributed by atoms with E-state index in [-0.39, 0.29) is 11.4 Å². The first-order valence-electron chi connectivity index (χ1n) is 11.2. The molecule has 168 valence electrons. The normalized spacial score (nSPS) is 13.9. The second-order valence-corrected chi connectivity index (χ2v) is 8.35. The summed E-state index contributed by atoms with van der Waals surface area (Å²) >= 11 is 0. The molecule has 1 N–H and O–H groups in total. The molecule has 0 fully saturated rings. The summed E-state index contributed by atoms with van der Waals surface area (Å²) in [6.07, 6.45) is 1.58. The molecule has 0 radical (unpaired) electrons. The molecule has 5 aromatic rings. The maximum atomic E-state index is 9.37. The Morgan fingerprint density at radius 2 is 1.83 bits per heavy atom. The van der Waals surface area contributed by atoms with E-state index in [9.17, 15) is 10.7 Å². The van der Waals surface area contributed by atoms with Crippen LogP contribution >= 0.6 is 0 Å². The van der Waals surface area contributed by atoms with Crippen LogP contribution in [0.15, 0.2) is 91.3 Å². The lowest BCUT2D eigenvalue weighted by Gasteiger charge is -2.30. The monoisotopic (exact) mass is 456 g/mol. The lowest BCUT2D eigenvalue weighted by molar-refractivity contribution is 0.412. The summed E-state index contributed by atoms with van der Waals surface area (Å²) in [5, 5.41) is 20.8. The zero-order valence-corrected chi connectivity index (χ0v) is 18.9. The number of methoxy groups -OCH3 is 1. The lowest BCUT2D eigenvalue weighted by atomic mass is 9.81. The minimum Gasteiger partial charge on any atom is -0.497 e. The minimum atomic E-state index is -0.304. The third-order valence-electron chi connectivity index (χ3n) is 6.41. The van der Waals surface area contributed by atoms with Crippen molar-refractivity contribution in [3.63, 3.8) is 0 Å². The van der Waals surface area contributed by atoms with Gasteiger partial charge >= 0.3 is 0 Å². The molecule has 1 atom stereocenters. The molecule has 35 heavy (non-hydrogen) atoms. The second-order valence-electron chi connectivity index (χ2n) is 8.35. The van der Waals surface area contributed by atoms with Gasteiger partial charge in [0.1, 0.15) is 23.3 Å². The number of ether oxygens (including phenoxy) is 2. The Balaban J connectivity index is 1.67. The smallest absolute Gasteiger partial charge is 0.228 e. The van der Waals surface area contributed by atoms with Gasteiger partial charge in [0, 0.05) is 17.2 Å². The van der Waals surface area contributed by atoms with Gasteiger partial charge in [-0.05, 0) is 52.7 Å². The average Bonchev–Trinajstić information content (AvgIpc) is 2.92. The van der Waals surface area contributed by atoms with Crippen molar-refractivity contribution in [2.75, 3.05) is 7.11 Å². The maximum absolute atomic E-state index is 9.37. The van der Waals surface area contributed by atoms with E-state index in [4.69, 9.17) is 9.47 Å². The molecule has 2 heterocycles. The molecule has 6 nitrogen and oxygen atoms in total. The van der Waals surface area contributed by atoms with Crippen LogP contribution in [0.2, 0.25) is 0 Å². The Hall–Kier alpha value is -4.89. The van der Waals surface area contributed by atoms with Gasteiger partial charge in [0.15, 0.2) is 0 Å². The zero-order chi connectivity index (χ0) is 23.9. The molecular weight excluding hydrogens is 436 g/mol. The van der Waals surface area contributed by atoms with Crippen molar-refractivity contribution in [3.05, 3.63) is 119 Å². The van der Waals surface area contributed by atoms with E-state index < -0.39 is 0 Å². The quantitative estimate of drug-likeness (QED) is 0.372. The van der Waals surface area contributed by atoms with Crippen LogP contribution in [-0.2, 0) is 0 Å². The first kappa shape index (κ1) is 20.7.